The molecule has 4 heterocycles. The molecule has 39 heavy (non-hydrogen) atoms. The molecule has 4 nitrogen and oxygen atoms in total. The van der Waals surface area contributed by atoms with Gasteiger partial charge in [0.15, 0.2) is 0 Å². The topological polar surface area (TPSA) is 34.0 Å². The standard InChI is InChI=1S/C35H22N3O/c1-4-13-33-25(8-1)28-19-27-26-9-5-12-31-35(26)38(32(27)20-34(28)39-33)30-11-3-2-10-29(30)37(31)24-16-14-22(15-17-24)23-7-6-18-36-21-23/h1-21,30H/q+1. The molecule has 182 valence electrons. The summed E-state index contributed by atoms with van der Waals surface area (Å²) in [6, 6.07) is 32.5. The van der Waals surface area contributed by atoms with Gasteiger partial charge in [-0.1, -0.05) is 54.6 Å². The summed E-state index contributed by atoms with van der Waals surface area (Å²) in [5.41, 5.74) is 10.1. The average molecular weight is 501 g/mol. The normalized spacial score (nSPS) is 16.2. The molecule has 0 N–H and O–H groups in total. The van der Waals surface area contributed by atoms with Crippen LogP contribution in [0.1, 0.15) is 6.04 Å². The Hall–Kier alpha value is -5.22. The number of hydrogen-bond acceptors (Lipinski definition) is 2. The highest BCUT2D eigenvalue weighted by molar-refractivity contribution is 6.21. The number of aromatic nitrogens is 2. The number of rotatable bonds is 2. The summed E-state index contributed by atoms with van der Waals surface area (Å²) in [6.45, 7) is 0. The molecule has 7 aromatic rings. The molecule has 9 rings (SSSR count). The van der Waals surface area contributed by atoms with Gasteiger partial charge in [0.25, 0.3) is 0 Å². The predicted molar refractivity (Wildman–Crippen MR) is 160 cm³/mol. The quantitative estimate of drug-likeness (QED) is 0.223. The highest BCUT2D eigenvalue weighted by Gasteiger charge is 2.37. The van der Waals surface area contributed by atoms with Crippen molar-refractivity contribution in [3.05, 3.63) is 128 Å². The van der Waals surface area contributed by atoms with Crippen LogP contribution in [0.2, 0.25) is 0 Å². The van der Waals surface area contributed by atoms with Crippen LogP contribution >= 0.6 is 0 Å². The molecule has 0 bridgehead atoms. The van der Waals surface area contributed by atoms with Crippen LogP contribution in [0.5, 0.6) is 0 Å². The molecular formula is C35H22N3O+. The monoisotopic (exact) mass is 500 g/mol. The molecule has 2 aliphatic rings. The summed E-state index contributed by atoms with van der Waals surface area (Å²) in [6.07, 6.45) is 12.6. The average Bonchev–Trinajstić information content (AvgIpc) is 3.53. The molecule has 0 saturated carbocycles. The van der Waals surface area contributed by atoms with Gasteiger partial charge in [-0.2, -0.15) is 4.58 Å². The Morgan fingerprint density at radius 3 is 2.51 bits per heavy atom. The summed E-state index contributed by atoms with van der Waals surface area (Å²) >= 11 is 0. The first-order valence-electron chi connectivity index (χ1n) is 13.3. The zero-order chi connectivity index (χ0) is 25.5. The van der Waals surface area contributed by atoms with Gasteiger partial charge in [0.05, 0.1) is 5.52 Å². The highest BCUT2D eigenvalue weighted by atomic mass is 16.3. The van der Waals surface area contributed by atoms with Crippen molar-refractivity contribution in [3.8, 4) is 11.1 Å². The lowest BCUT2D eigenvalue weighted by Gasteiger charge is -2.24. The number of nitrogens with zero attached hydrogens (tertiary/aromatic N) is 3. The van der Waals surface area contributed by atoms with Crippen LogP contribution in [-0.2, 0) is 0 Å². The van der Waals surface area contributed by atoms with E-state index in [-0.39, 0.29) is 6.04 Å². The van der Waals surface area contributed by atoms with E-state index in [4.69, 9.17) is 4.42 Å². The molecular weight excluding hydrogens is 478 g/mol. The summed E-state index contributed by atoms with van der Waals surface area (Å²) in [5, 5.41) is 4.83. The fourth-order valence-electron chi connectivity index (χ4n) is 6.48. The van der Waals surface area contributed by atoms with Crippen LogP contribution in [0.3, 0.4) is 0 Å². The summed E-state index contributed by atoms with van der Waals surface area (Å²) < 4.78 is 11.2. The molecule has 0 radical (unpaired) electrons. The van der Waals surface area contributed by atoms with Gasteiger partial charge in [-0.15, -0.1) is 0 Å². The van der Waals surface area contributed by atoms with E-state index in [1.165, 1.54) is 33.2 Å². The molecule has 0 fully saturated rings. The second-order valence-corrected chi connectivity index (χ2v) is 10.2. The Morgan fingerprint density at radius 1 is 0.718 bits per heavy atom. The van der Waals surface area contributed by atoms with Crippen molar-refractivity contribution in [2.75, 3.05) is 0 Å². The largest absolute Gasteiger partial charge is 0.456 e. The maximum atomic E-state index is 6.31. The molecule has 4 heteroatoms. The Balaban J connectivity index is 1.32. The number of benzene rings is 4. The predicted octanol–water partition coefficient (Wildman–Crippen LogP) is 8.71. The first-order valence-corrected chi connectivity index (χ1v) is 13.3. The fourth-order valence-corrected chi connectivity index (χ4v) is 6.48. The Labute approximate surface area is 224 Å². The lowest BCUT2D eigenvalue weighted by atomic mass is 10.0. The van der Waals surface area contributed by atoms with Crippen LogP contribution in [0, 0.1) is 0 Å². The van der Waals surface area contributed by atoms with Gasteiger partial charge in [0.1, 0.15) is 22.7 Å². The van der Waals surface area contributed by atoms with Gasteiger partial charge in [0.2, 0.25) is 17.1 Å². The third-order valence-electron chi connectivity index (χ3n) is 8.17. The lowest BCUT2D eigenvalue weighted by molar-refractivity contribution is 0.669. The van der Waals surface area contributed by atoms with Crippen LogP contribution in [0.25, 0.3) is 54.9 Å². The van der Waals surface area contributed by atoms with Crippen molar-refractivity contribution in [3.63, 3.8) is 0 Å². The van der Waals surface area contributed by atoms with E-state index < -0.39 is 0 Å². The van der Waals surface area contributed by atoms with Crippen LogP contribution < -0.4 is 4.58 Å². The van der Waals surface area contributed by atoms with Crippen molar-refractivity contribution in [1.82, 2.24) is 14.1 Å². The van der Waals surface area contributed by atoms with E-state index in [1.54, 1.807) is 0 Å². The first-order chi connectivity index (χ1) is 19.3. The minimum Gasteiger partial charge on any atom is -0.456 e. The zero-order valence-electron chi connectivity index (χ0n) is 21.0. The molecule has 0 amide bonds. The van der Waals surface area contributed by atoms with E-state index >= 15 is 0 Å². The Bertz CT molecular complexity index is 2210. The van der Waals surface area contributed by atoms with Crippen molar-refractivity contribution < 1.29 is 4.42 Å². The van der Waals surface area contributed by atoms with Crippen molar-refractivity contribution in [2.45, 2.75) is 6.04 Å². The fraction of sp³-hybridized carbons (Fsp3) is 0.0286. The maximum absolute atomic E-state index is 6.31. The van der Waals surface area contributed by atoms with Crippen molar-refractivity contribution in [2.24, 2.45) is 0 Å². The van der Waals surface area contributed by atoms with Gasteiger partial charge in [-0.25, -0.2) is 0 Å². The number of furan rings is 1. The van der Waals surface area contributed by atoms with E-state index in [9.17, 15) is 0 Å². The summed E-state index contributed by atoms with van der Waals surface area (Å²) in [5.74, 6) is 0. The van der Waals surface area contributed by atoms with Crippen LogP contribution in [0.4, 0.5) is 11.4 Å². The van der Waals surface area contributed by atoms with Gasteiger partial charge in [-0.05, 0) is 41.5 Å². The van der Waals surface area contributed by atoms with E-state index in [1.807, 2.05) is 30.6 Å². The number of allylic oxidation sites excluding steroid dienone is 4. The first kappa shape index (κ1) is 20.8. The Kier molecular flexibility index (Phi) is 4.08. The smallest absolute Gasteiger partial charge is 0.235 e. The van der Waals surface area contributed by atoms with Crippen LogP contribution in [-0.4, -0.2) is 15.3 Å². The van der Waals surface area contributed by atoms with Gasteiger partial charge < -0.3 is 8.98 Å². The molecule has 1 aliphatic heterocycles. The third kappa shape index (κ3) is 2.83. The molecule has 0 spiro atoms. The molecule has 1 unspecified atom stereocenters. The Morgan fingerprint density at radius 2 is 1.62 bits per heavy atom. The van der Waals surface area contributed by atoms with Gasteiger partial charge in [0, 0.05) is 64.3 Å². The SMILES string of the molecule is C1=CC2=[N+](c3ccc(-c4cccnc4)cc3)c3cccc4c5cc6c(cc5n(c34)C2C=C1)oc1ccccc16. The highest BCUT2D eigenvalue weighted by Crippen LogP contribution is 2.45. The molecule has 3 aromatic heterocycles. The number of pyridine rings is 1. The minimum atomic E-state index is 0.0738. The van der Waals surface area contributed by atoms with E-state index in [0.717, 1.165) is 38.8 Å². The summed E-state index contributed by atoms with van der Waals surface area (Å²) in [4.78, 5) is 4.29. The molecule has 0 saturated heterocycles. The van der Waals surface area contributed by atoms with Crippen LogP contribution in [0.15, 0.2) is 132 Å². The lowest BCUT2D eigenvalue weighted by Crippen LogP contribution is -2.30. The number of fused-ring (bicyclic) bond motifs is 8. The second-order valence-electron chi connectivity index (χ2n) is 10.2. The number of para-hydroxylation sites is 2. The van der Waals surface area contributed by atoms with Gasteiger partial charge in [-0.3, -0.25) is 4.98 Å². The molecule has 1 aliphatic carbocycles. The molecule has 4 aromatic carbocycles. The minimum absolute atomic E-state index is 0.0738. The van der Waals surface area contributed by atoms with E-state index in [2.05, 4.69) is 111 Å². The van der Waals surface area contributed by atoms with Gasteiger partial charge >= 0.3 is 0 Å². The maximum Gasteiger partial charge on any atom is 0.235 e. The van der Waals surface area contributed by atoms with Crippen molar-refractivity contribution in [1.29, 1.82) is 0 Å². The van der Waals surface area contributed by atoms with Crippen molar-refractivity contribution >= 4 is 60.8 Å². The number of hydrogen-bond donors (Lipinski definition) is 0. The molecule has 1 atom stereocenters. The second kappa shape index (κ2) is 7.65. The summed E-state index contributed by atoms with van der Waals surface area (Å²) in [7, 11) is 0. The zero-order valence-corrected chi connectivity index (χ0v) is 21.0. The van der Waals surface area contributed by atoms with E-state index in [0.29, 0.717) is 0 Å². The third-order valence-corrected chi connectivity index (χ3v) is 8.17.